The Kier molecular flexibility index (Phi) is 11.1. The van der Waals surface area contributed by atoms with Crippen LogP contribution in [-0.2, 0) is 33.3 Å². The zero-order valence-corrected chi connectivity index (χ0v) is 32.6. The predicted octanol–water partition coefficient (Wildman–Crippen LogP) is 2.68. The summed E-state index contributed by atoms with van der Waals surface area (Å²) in [6, 6.07) is 2.18. The third-order valence-corrected chi connectivity index (χ3v) is 14.5. The van der Waals surface area contributed by atoms with Gasteiger partial charge in [-0.3, -0.25) is 4.79 Å². The largest absolute Gasteiger partial charge is 0.481 e. The lowest BCUT2D eigenvalue weighted by molar-refractivity contribution is -0.438. The highest BCUT2D eigenvalue weighted by Gasteiger charge is 2.75. The smallest absolute Gasteiger partial charge is 0.333 e. The van der Waals surface area contributed by atoms with Gasteiger partial charge in [0.05, 0.1) is 31.6 Å². The number of carboxylic acid groups (broad SMARTS) is 1. The Morgan fingerprint density at radius 1 is 1.09 bits per heavy atom. The average Bonchev–Trinajstić information content (AvgIpc) is 3.60. The van der Waals surface area contributed by atoms with Crippen LogP contribution in [0.4, 0.5) is 0 Å². The van der Waals surface area contributed by atoms with E-state index in [1.54, 1.807) is 6.08 Å². The van der Waals surface area contributed by atoms with Gasteiger partial charge in [-0.25, -0.2) is 4.79 Å². The van der Waals surface area contributed by atoms with E-state index in [-0.39, 0.29) is 43.5 Å². The molecule has 8 rings (SSSR count). The summed E-state index contributed by atoms with van der Waals surface area (Å²) < 4.78 is 32.5. The van der Waals surface area contributed by atoms with Crippen molar-refractivity contribution < 1.29 is 58.8 Å². The fourth-order valence-corrected chi connectivity index (χ4v) is 11.6. The minimum Gasteiger partial charge on any atom is -0.481 e. The lowest BCUT2D eigenvalue weighted by Crippen LogP contribution is -2.83. The van der Waals surface area contributed by atoms with Crippen molar-refractivity contribution >= 4 is 23.3 Å². The van der Waals surface area contributed by atoms with Gasteiger partial charge in [0.15, 0.2) is 11.2 Å². The Bertz CT molecular complexity index is 1850. The molecule has 2 saturated heterocycles. The first kappa shape index (κ1) is 39.8. The van der Waals surface area contributed by atoms with Crippen molar-refractivity contribution in [2.24, 2.45) is 29.6 Å². The number of carbonyl (C=O) groups excluding carboxylic acids is 1. The molecular formula is C43H59NO12. The van der Waals surface area contributed by atoms with Crippen LogP contribution in [0.1, 0.15) is 102 Å². The third kappa shape index (κ3) is 6.31. The molecule has 4 fully saturated rings. The summed E-state index contributed by atoms with van der Waals surface area (Å²) in [5.41, 5.74) is -1.68. The van der Waals surface area contributed by atoms with Crippen molar-refractivity contribution in [2.45, 2.75) is 132 Å². The summed E-state index contributed by atoms with van der Waals surface area (Å²) in [5, 5.41) is 59.1. The van der Waals surface area contributed by atoms with Gasteiger partial charge >= 0.3 is 11.9 Å². The maximum Gasteiger partial charge on any atom is 0.333 e. The Morgan fingerprint density at radius 2 is 1.89 bits per heavy atom. The van der Waals surface area contributed by atoms with Crippen molar-refractivity contribution in [2.75, 3.05) is 33.5 Å². The number of esters is 1. The molecule has 1 spiro atoms. The quantitative estimate of drug-likeness (QED) is 0.159. The van der Waals surface area contributed by atoms with E-state index in [2.05, 4.69) is 18.0 Å². The van der Waals surface area contributed by atoms with Gasteiger partial charge in [0.25, 0.3) is 0 Å². The molecule has 13 heteroatoms. The molecule has 3 aliphatic heterocycles. The van der Waals surface area contributed by atoms with Crippen LogP contribution in [0.15, 0.2) is 29.9 Å². The fourth-order valence-electron chi connectivity index (χ4n) is 11.6. The lowest BCUT2D eigenvalue weighted by atomic mass is 9.60. The number of nitrogens with one attached hydrogen (secondary N) is 1. The Balaban J connectivity index is 1.26. The second-order valence-electron chi connectivity index (χ2n) is 17.4. The third-order valence-electron chi connectivity index (χ3n) is 14.5. The highest BCUT2D eigenvalue weighted by Crippen LogP contribution is 2.58. The number of aromatic amines is 1. The molecule has 7 aliphatic rings. The highest BCUT2D eigenvalue weighted by molar-refractivity contribution is 5.90. The zero-order valence-electron chi connectivity index (χ0n) is 32.6. The second-order valence-corrected chi connectivity index (χ2v) is 17.4. The number of methoxy groups -OCH3 is 1. The molecule has 1 aromatic rings. The average molecular weight is 782 g/mol. The van der Waals surface area contributed by atoms with Gasteiger partial charge in [-0.2, -0.15) is 0 Å². The second kappa shape index (κ2) is 15.6. The first-order valence-corrected chi connectivity index (χ1v) is 20.9. The van der Waals surface area contributed by atoms with Gasteiger partial charge in [-0.05, 0) is 80.8 Å². The number of H-pyrrole nitrogens is 1. The van der Waals surface area contributed by atoms with E-state index in [1.807, 2.05) is 12.2 Å². The predicted molar refractivity (Wildman–Crippen MR) is 202 cm³/mol. The molecule has 8 bridgehead atoms. The van der Waals surface area contributed by atoms with Crippen LogP contribution in [0.3, 0.4) is 0 Å². The van der Waals surface area contributed by atoms with E-state index in [0.717, 1.165) is 21.8 Å². The van der Waals surface area contributed by atoms with Gasteiger partial charge in [-0.15, -0.1) is 0 Å². The number of carboxylic acids is 1. The minimum absolute atomic E-state index is 0.0318. The molecule has 4 aliphatic carbocycles. The Labute approximate surface area is 327 Å². The van der Waals surface area contributed by atoms with Crippen LogP contribution < -0.4 is 10.6 Å². The number of aliphatic hydroxyl groups is 4. The van der Waals surface area contributed by atoms with Crippen molar-refractivity contribution in [3.8, 4) is 0 Å². The maximum absolute atomic E-state index is 13.2. The van der Waals surface area contributed by atoms with Crippen LogP contribution in [0.5, 0.6) is 0 Å². The van der Waals surface area contributed by atoms with Crippen LogP contribution >= 0.6 is 0 Å². The summed E-state index contributed by atoms with van der Waals surface area (Å²) in [4.78, 5) is 29.2. The topological polar surface area (TPSA) is 197 Å². The van der Waals surface area contributed by atoms with E-state index in [9.17, 15) is 35.1 Å². The summed E-state index contributed by atoms with van der Waals surface area (Å²) in [5.74, 6) is -4.49. The van der Waals surface area contributed by atoms with Crippen molar-refractivity contribution in [3.05, 3.63) is 46.1 Å². The molecule has 13 nitrogen and oxygen atoms in total. The van der Waals surface area contributed by atoms with Crippen molar-refractivity contribution in [1.82, 2.24) is 4.98 Å². The number of aromatic nitrogens is 1. The van der Waals surface area contributed by atoms with Gasteiger partial charge in [0.1, 0.15) is 24.6 Å². The van der Waals surface area contributed by atoms with Crippen LogP contribution in [0.25, 0.3) is 11.3 Å². The van der Waals surface area contributed by atoms with E-state index < -0.39 is 71.6 Å². The summed E-state index contributed by atoms with van der Waals surface area (Å²) in [6.45, 7) is 1.69. The van der Waals surface area contributed by atoms with Crippen molar-refractivity contribution in [1.29, 1.82) is 0 Å². The van der Waals surface area contributed by atoms with Crippen LogP contribution in [0.2, 0.25) is 0 Å². The van der Waals surface area contributed by atoms with E-state index >= 15 is 0 Å². The van der Waals surface area contributed by atoms with Gasteiger partial charge in [-0.1, -0.05) is 44.4 Å². The summed E-state index contributed by atoms with van der Waals surface area (Å²) >= 11 is 0. The monoisotopic (exact) mass is 781 g/mol. The molecule has 0 amide bonds. The summed E-state index contributed by atoms with van der Waals surface area (Å²) in [7, 11) is 1.27. The molecule has 56 heavy (non-hydrogen) atoms. The molecular weight excluding hydrogens is 722 g/mol. The number of allylic oxidation sites excluding steroid dienone is 1. The maximum atomic E-state index is 13.2. The first-order valence-electron chi connectivity index (χ1n) is 20.9. The molecule has 308 valence electrons. The number of carbonyl (C=O) groups is 2. The molecule has 4 heterocycles. The normalized spacial score (nSPS) is 38.8. The number of fused-ring (bicyclic) bond motifs is 5. The number of hydrogen-bond donors (Lipinski definition) is 6. The number of rotatable bonds is 9. The van der Waals surface area contributed by atoms with Gasteiger partial charge < -0.3 is 54.2 Å². The molecule has 2 saturated carbocycles. The standard InChI is InChI=1S/C43H59NO12/c1-24(25-9-4-3-5-10-25)33-20-31-32-15-16-41(51)40(50)43(32,54-34(14-7-17-45)37(31)44-33)35-22-53-18-8-12-26-11-6-13-27-29(21-36(47)48)30(39(49)52-2)19-28(26)38(27)56-42(41,23-46)55-35/h6,13,19-20,24-29,35,38,40,44-46,50-51H,3-5,7-12,14-18,21-23H2,1-2H3,(H,47,48). The van der Waals surface area contributed by atoms with Crippen LogP contribution in [-0.4, -0.2) is 111 Å². The highest BCUT2D eigenvalue weighted by atomic mass is 16.7. The molecule has 6 N–H and O–H groups in total. The molecule has 0 radical (unpaired) electrons. The number of aliphatic hydroxyl groups excluding tert-OH is 3. The SMILES string of the molecule is COC(=O)C1=CC2C3CC=CC(C1CC(=O)O)C2OC1(CO)OC(COCCC3)C23OC(CCCO)=c4[nH]c(C(C)C5CCCCC5)cc4=C2CCC1(O)C3O. The zero-order chi connectivity index (χ0) is 39.4. The van der Waals surface area contributed by atoms with Gasteiger partial charge in [0, 0.05) is 53.9 Å². The Morgan fingerprint density at radius 3 is 2.62 bits per heavy atom. The number of aliphatic carboxylic acids is 1. The minimum atomic E-state index is -2.20. The molecule has 11 unspecified atom stereocenters. The number of hydrogen-bond acceptors (Lipinski definition) is 11. The summed E-state index contributed by atoms with van der Waals surface area (Å²) in [6.07, 6.45) is 10.8. The first-order chi connectivity index (χ1) is 27.0. The van der Waals surface area contributed by atoms with E-state index in [1.165, 1.54) is 39.2 Å². The van der Waals surface area contributed by atoms with E-state index in [0.29, 0.717) is 56.8 Å². The number of ether oxygens (including phenoxy) is 5. The van der Waals surface area contributed by atoms with Gasteiger partial charge in [0.2, 0.25) is 5.79 Å². The fraction of sp³-hybridized carbons (Fsp3) is 0.721. The van der Waals surface area contributed by atoms with E-state index in [4.69, 9.17) is 23.7 Å². The van der Waals surface area contributed by atoms with Crippen molar-refractivity contribution in [3.63, 3.8) is 0 Å². The molecule has 11 atom stereocenters. The molecule has 0 aromatic carbocycles. The lowest BCUT2D eigenvalue weighted by Gasteiger charge is -2.64. The Hall–Kier alpha value is -3.04. The molecule has 1 aromatic heterocycles. The van der Waals surface area contributed by atoms with Crippen LogP contribution in [0, 0.1) is 29.6 Å².